The SMILES string of the molecule is Fc1ccc(-c2nc3n(c2-c2ccc4ncnn4c2)CC2(CCCCC2)C3)cc1. The van der Waals surface area contributed by atoms with Gasteiger partial charge in [-0.25, -0.2) is 18.9 Å². The van der Waals surface area contributed by atoms with Gasteiger partial charge in [-0.2, -0.15) is 5.10 Å². The Labute approximate surface area is 168 Å². The molecule has 1 spiro atoms. The van der Waals surface area contributed by atoms with Gasteiger partial charge in [0.2, 0.25) is 0 Å². The molecule has 146 valence electrons. The van der Waals surface area contributed by atoms with Crippen molar-refractivity contribution in [3.63, 3.8) is 0 Å². The Bertz CT molecular complexity index is 1200. The van der Waals surface area contributed by atoms with Crippen molar-refractivity contribution < 1.29 is 4.39 Å². The Morgan fingerprint density at radius 3 is 2.55 bits per heavy atom. The monoisotopic (exact) mass is 387 g/mol. The molecule has 1 aromatic carbocycles. The highest BCUT2D eigenvalue weighted by Gasteiger charge is 2.41. The maximum atomic E-state index is 13.5. The highest BCUT2D eigenvalue weighted by molar-refractivity contribution is 5.79. The van der Waals surface area contributed by atoms with Crippen molar-refractivity contribution in [2.75, 3.05) is 0 Å². The summed E-state index contributed by atoms with van der Waals surface area (Å²) in [6, 6.07) is 10.7. The molecule has 6 heteroatoms. The summed E-state index contributed by atoms with van der Waals surface area (Å²) in [4.78, 5) is 9.34. The maximum Gasteiger partial charge on any atom is 0.155 e. The number of rotatable bonds is 2. The zero-order chi connectivity index (χ0) is 19.4. The maximum absolute atomic E-state index is 13.5. The largest absolute Gasteiger partial charge is 0.327 e. The molecule has 4 aromatic rings. The van der Waals surface area contributed by atoms with Gasteiger partial charge in [0, 0.05) is 30.3 Å². The second kappa shape index (κ2) is 6.24. The van der Waals surface area contributed by atoms with E-state index in [1.54, 1.807) is 10.8 Å². The number of hydrogen-bond donors (Lipinski definition) is 0. The van der Waals surface area contributed by atoms with Crippen LogP contribution >= 0.6 is 0 Å². The van der Waals surface area contributed by atoms with Crippen LogP contribution in [0.4, 0.5) is 4.39 Å². The minimum atomic E-state index is -0.229. The van der Waals surface area contributed by atoms with Gasteiger partial charge in [0.25, 0.3) is 0 Å². The molecule has 1 aliphatic carbocycles. The first-order valence-corrected chi connectivity index (χ1v) is 10.4. The molecule has 2 aliphatic rings. The molecule has 0 atom stereocenters. The van der Waals surface area contributed by atoms with E-state index in [1.165, 1.54) is 44.2 Å². The third-order valence-corrected chi connectivity index (χ3v) is 6.65. The standard InChI is InChI=1S/C23H22FN5/c24-18-7-4-16(5-8-18)21-22(17-6-9-19-25-15-26-29(19)13-17)28-14-23(12-20(28)27-21)10-2-1-3-11-23/h4-9,13,15H,1-3,10-12,14H2. The first-order chi connectivity index (χ1) is 14.2. The third-order valence-electron chi connectivity index (χ3n) is 6.65. The van der Waals surface area contributed by atoms with Crippen molar-refractivity contribution in [3.05, 3.63) is 60.6 Å². The summed E-state index contributed by atoms with van der Waals surface area (Å²) < 4.78 is 17.7. The van der Waals surface area contributed by atoms with Gasteiger partial charge in [-0.15, -0.1) is 0 Å². The number of halogens is 1. The molecule has 4 heterocycles. The van der Waals surface area contributed by atoms with E-state index in [9.17, 15) is 4.39 Å². The summed E-state index contributed by atoms with van der Waals surface area (Å²) in [6.45, 7) is 1.02. The number of hydrogen-bond acceptors (Lipinski definition) is 3. The number of imidazole rings is 1. The molecule has 6 rings (SSSR count). The summed E-state index contributed by atoms with van der Waals surface area (Å²) >= 11 is 0. The van der Waals surface area contributed by atoms with Crippen LogP contribution in [0.2, 0.25) is 0 Å². The number of nitrogens with zero attached hydrogens (tertiary/aromatic N) is 5. The van der Waals surface area contributed by atoms with Crippen LogP contribution < -0.4 is 0 Å². The van der Waals surface area contributed by atoms with Crippen molar-refractivity contribution in [1.82, 2.24) is 24.1 Å². The van der Waals surface area contributed by atoms with Gasteiger partial charge in [0.05, 0.1) is 11.4 Å². The fraction of sp³-hybridized carbons (Fsp3) is 0.348. The molecule has 0 bridgehead atoms. The lowest BCUT2D eigenvalue weighted by Gasteiger charge is -2.32. The van der Waals surface area contributed by atoms with E-state index in [2.05, 4.69) is 20.7 Å². The fourth-order valence-corrected chi connectivity index (χ4v) is 5.23. The predicted molar refractivity (Wildman–Crippen MR) is 109 cm³/mol. The summed E-state index contributed by atoms with van der Waals surface area (Å²) in [5.74, 6) is 0.923. The first-order valence-electron chi connectivity index (χ1n) is 10.4. The van der Waals surface area contributed by atoms with Gasteiger partial charge in [0.1, 0.15) is 18.0 Å². The third kappa shape index (κ3) is 2.69. The Morgan fingerprint density at radius 2 is 1.72 bits per heavy atom. The highest BCUT2D eigenvalue weighted by Crippen LogP contribution is 2.47. The van der Waals surface area contributed by atoms with Crippen LogP contribution in [0.3, 0.4) is 0 Å². The molecular formula is C23H22FN5. The number of benzene rings is 1. The average Bonchev–Trinajstić information content (AvgIpc) is 3.41. The van der Waals surface area contributed by atoms with Crippen LogP contribution in [0, 0.1) is 11.2 Å². The van der Waals surface area contributed by atoms with Gasteiger partial charge < -0.3 is 4.57 Å². The second-order valence-corrected chi connectivity index (χ2v) is 8.54. The van der Waals surface area contributed by atoms with E-state index < -0.39 is 0 Å². The Kier molecular flexibility index (Phi) is 3.63. The number of aromatic nitrogens is 5. The van der Waals surface area contributed by atoms with Crippen molar-refractivity contribution in [1.29, 1.82) is 0 Å². The number of fused-ring (bicyclic) bond motifs is 2. The molecule has 1 fully saturated rings. The molecule has 0 saturated heterocycles. The van der Waals surface area contributed by atoms with Gasteiger partial charge in [-0.1, -0.05) is 19.3 Å². The lowest BCUT2D eigenvalue weighted by Crippen LogP contribution is -2.26. The quantitative estimate of drug-likeness (QED) is 0.491. The van der Waals surface area contributed by atoms with Gasteiger partial charge >= 0.3 is 0 Å². The second-order valence-electron chi connectivity index (χ2n) is 8.54. The first kappa shape index (κ1) is 16.9. The normalized spacial score (nSPS) is 17.8. The zero-order valence-electron chi connectivity index (χ0n) is 16.2. The highest BCUT2D eigenvalue weighted by atomic mass is 19.1. The summed E-state index contributed by atoms with van der Waals surface area (Å²) in [5.41, 5.74) is 5.21. The van der Waals surface area contributed by atoms with Crippen molar-refractivity contribution in [3.8, 4) is 22.5 Å². The molecule has 0 unspecified atom stereocenters. The zero-order valence-corrected chi connectivity index (χ0v) is 16.2. The Morgan fingerprint density at radius 1 is 0.931 bits per heavy atom. The molecule has 0 amide bonds. The van der Waals surface area contributed by atoms with E-state index in [0.29, 0.717) is 5.41 Å². The minimum absolute atomic E-state index is 0.229. The molecule has 5 nitrogen and oxygen atoms in total. The van der Waals surface area contributed by atoms with Crippen LogP contribution in [0.1, 0.15) is 37.9 Å². The molecule has 1 aliphatic heterocycles. The van der Waals surface area contributed by atoms with Crippen LogP contribution in [0.5, 0.6) is 0 Å². The molecule has 3 aromatic heterocycles. The van der Waals surface area contributed by atoms with Crippen molar-refractivity contribution >= 4 is 5.65 Å². The van der Waals surface area contributed by atoms with Crippen LogP contribution in [0.25, 0.3) is 28.2 Å². The van der Waals surface area contributed by atoms with Crippen LogP contribution in [-0.4, -0.2) is 24.1 Å². The molecule has 29 heavy (non-hydrogen) atoms. The van der Waals surface area contributed by atoms with E-state index in [1.807, 2.05) is 24.4 Å². The fourth-order valence-electron chi connectivity index (χ4n) is 5.23. The predicted octanol–water partition coefficient (Wildman–Crippen LogP) is 4.91. The van der Waals surface area contributed by atoms with Crippen molar-refractivity contribution in [2.45, 2.75) is 45.1 Å². The van der Waals surface area contributed by atoms with E-state index in [0.717, 1.165) is 47.0 Å². The lowest BCUT2D eigenvalue weighted by atomic mass is 9.73. The van der Waals surface area contributed by atoms with E-state index >= 15 is 0 Å². The van der Waals surface area contributed by atoms with E-state index in [4.69, 9.17) is 4.98 Å². The van der Waals surface area contributed by atoms with Crippen LogP contribution in [0.15, 0.2) is 48.9 Å². The van der Waals surface area contributed by atoms with Crippen molar-refractivity contribution in [2.24, 2.45) is 5.41 Å². The summed E-state index contributed by atoms with van der Waals surface area (Å²) in [7, 11) is 0. The molecule has 1 saturated carbocycles. The topological polar surface area (TPSA) is 48.0 Å². The Hall–Kier alpha value is -3.02. The van der Waals surface area contributed by atoms with E-state index in [-0.39, 0.29) is 5.82 Å². The summed E-state index contributed by atoms with van der Waals surface area (Å²) in [6.07, 6.45) is 11.2. The lowest BCUT2D eigenvalue weighted by molar-refractivity contribution is 0.186. The minimum Gasteiger partial charge on any atom is -0.327 e. The van der Waals surface area contributed by atoms with Gasteiger partial charge in [-0.05, 0) is 54.7 Å². The average molecular weight is 387 g/mol. The molecule has 0 N–H and O–H groups in total. The molecule has 0 radical (unpaired) electrons. The van der Waals surface area contributed by atoms with Crippen LogP contribution in [-0.2, 0) is 13.0 Å². The smallest absolute Gasteiger partial charge is 0.155 e. The summed E-state index contributed by atoms with van der Waals surface area (Å²) in [5, 5.41) is 4.31. The Balaban J connectivity index is 1.53. The van der Waals surface area contributed by atoms with Gasteiger partial charge in [-0.3, -0.25) is 0 Å². The van der Waals surface area contributed by atoms with Gasteiger partial charge in [0.15, 0.2) is 5.65 Å². The molecular weight excluding hydrogens is 365 g/mol. The number of pyridine rings is 1.